The van der Waals surface area contributed by atoms with E-state index in [2.05, 4.69) is 6.58 Å². The van der Waals surface area contributed by atoms with Crippen LogP contribution in [0.5, 0.6) is 0 Å². The summed E-state index contributed by atoms with van der Waals surface area (Å²) in [5, 5.41) is 66.7. The highest BCUT2D eigenvalue weighted by Crippen LogP contribution is 2.77. The van der Waals surface area contributed by atoms with E-state index in [4.69, 9.17) is 4.74 Å². The second-order valence-electron chi connectivity index (χ2n) is 9.98. The molecule has 4 saturated carbocycles. The maximum absolute atomic E-state index is 11.7. The minimum atomic E-state index is -2.16. The molecule has 2 spiro atoms. The minimum Gasteiger partial charge on any atom is -0.396 e. The van der Waals surface area contributed by atoms with E-state index < -0.39 is 58.3 Å². The number of ether oxygens (including phenoxy) is 1. The van der Waals surface area contributed by atoms with Gasteiger partial charge in [-0.2, -0.15) is 0 Å². The molecule has 6 fully saturated rings. The molecule has 2 saturated heterocycles. The van der Waals surface area contributed by atoms with Crippen LogP contribution in [0.2, 0.25) is 0 Å². The Labute approximate surface area is 158 Å². The zero-order valence-electron chi connectivity index (χ0n) is 15.6. The molecular formula is C20H30O7. The molecule has 2 aliphatic heterocycles. The first-order valence-corrected chi connectivity index (χ1v) is 10.0. The van der Waals surface area contributed by atoms with E-state index in [0.717, 1.165) is 0 Å². The normalized spacial score (nSPS) is 64.4. The van der Waals surface area contributed by atoms with Crippen molar-refractivity contribution < 1.29 is 35.4 Å². The molecule has 0 aromatic heterocycles. The molecule has 0 aromatic carbocycles. The SMILES string of the molecule is C=C1[C@@H](O)[C@]23[C@H](O)[C@H]1CC[C@H]2[C@@]12CO[C@]3(O)[C@@H](O)[C@@H]1[C@@](C)(CO)CC[C@H]2O. The van der Waals surface area contributed by atoms with Crippen molar-refractivity contribution in [2.24, 2.45) is 34.0 Å². The van der Waals surface area contributed by atoms with Gasteiger partial charge in [0, 0.05) is 23.9 Å². The number of aliphatic hydroxyl groups is 6. The van der Waals surface area contributed by atoms with Crippen LogP contribution in [0.3, 0.4) is 0 Å². The fraction of sp³-hybridized carbons (Fsp3) is 0.900. The Bertz CT molecular complexity index is 698. The van der Waals surface area contributed by atoms with Gasteiger partial charge in [-0.3, -0.25) is 0 Å². The van der Waals surface area contributed by atoms with Crippen molar-refractivity contribution in [3.05, 3.63) is 12.2 Å². The summed E-state index contributed by atoms with van der Waals surface area (Å²) < 4.78 is 5.83. The third kappa shape index (κ3) is 1.60. The maximum Gasteiger partial charge on any atom is 0.203 e. The molecule has 7 nitrogen and oxygen atoms in total. The highest BCUT2D eigenvalue weighted by Gasteiger charge is 2.86. The largest absolute Gasteiger partial charge is 0.396 e. The molecule has 4 aliphatic carbocycles. The Morgan fingerprint density at radius 1 is 1.11 bits per heavy atom. The number of aliphatic hydroxyl groups excluding tert-OH is 5. The molecule has 0 amide bonds. The van der Waals surface area contributed by atoms with E-state index in [1.165, 1.54) is 0 Å². The summed E-state index contributed by atoms with van der Waals surface area (Å²) in [6.45, 7) is 5.68. The number of fused-ring (bicyclic) bond motifs is 2. The summed E-state index contributed by atoms with van der Waals surface area (Å²) >= 11 is 0. The van der Waals surface area contributed by atoms with Crippen LogP contribution < -0.4 is 0 Å². The Morgan fingerprint density at radius 2 is 1.81 bits per heavy atom. The van der Waals surface area contributed by atoms with Crippen LogP contribution in [0.4, 0.5) is 0 Å². The summed E-state index contributed by atoms with van der Waals surface area (Å²) in [5.41, 5.74) is -2.70. The van der Waals surface area contributed by atoms with Crippen molar-refractivity contribution in [3.63, 3.8) is 0 Å². The first-order chi connectivity index (χ1) is 12.6. The van der Waals surface area contributed by atoms with Crippen LogP contribution in [0.15, 0.2) is 12.2 Å². The van der Waals surface area contributed by atoms with E-state index >= 15 is 0 Å². The average molecular weight is 382 g/mol. The number of rotatable bonds is 1. The van der Waals surface area contributed by atoms with Crippen LogP contribution in [-0.2, 0) is 4.74 Å². The van der Waals surface area contributed by atoms with E-state index in [1.54, 1.807) is 0 Å². The van der Waals surface area contributed by atoms with Gasteiger partial charge in [0.05, 0.1) is 30.3 Å². The number of hydrogen-bond acceptors (Lipinski definition) is 7. The van der Waals surface area contributed by atoms with E-state index in [0.29, 0.717) is 31.3 Å². The second kappa shape index (κ2) is 5.14. The van der Waals surface area contributed by atoms with Gasteiger partial charge >= 0.3 is 0 Å². The first kappa shape index (κ1) is 18.5. The molecule has 11 atom stereocenters. The van der Waals surface area contributed by atoms with Crippen LogP contribution in [0.1, 0.15) is 32.6 Å². The van der Waals surface area contributed by atoms with Gasteiger partial charge < -0.3 is 35.4 Å². The zero-order chi connectivity index (χ0) is 19.6. The molecule has 27 heavy (non-hydrogen) atoms. The van der Waals surface area contributed by atoms with E-state index in [9.17, 15) is 30.6 Å². The lowest BCUT2D eigenvalue weighted by molar-refractivity contribution is -0.478. The lowest BCUT2D eigenvalue weighted by Gasteiger charge is -2.75. The topological polar surface area (TPSA) is 131 Å². The monoisotopic (exact) mass is 382 g/mol. The third-order valence-corrected chi connectivity index (χ3v) is 9.32. The Balaban J connectivity index is 1.79. The molecule has 6 rings (SSSR count). The maximum atomic E-state index is 11.7. The van der Waals surface area contributed by atoms with Crippen molar-refractivity contribution in [3.8, 4) is 0 Å². The van der Waals surface area contributed by atoms with Gasteiger partial charge in [-0.15, -0.1) is 0 Å². The van der Waals surface area contributed by atoms with Crippen molar-refractivity contribution in [1.82, 2.24) is 0 Å². The zero-order valence-corrected chi connectivity index (χ0v) is 15.6. The molecule has 0 unspecified atom stereocenters. The van der Waals surface area contributed by atoms with Crippen LogP contribution in [-0.4, -0.2) is 74.1 Å². The highest BCUT2D eigenvalue weighted by molar-refractivity contribution is 5.38. The van der Waals surface area contributed by atoms with Crippen LogP contribution in [0, 0.1) is 34.0 Å². The lowest BCUT2D eigenvalue weighted by Crippen LogP contribution is -2.86. The molecule has 6 aliphatic rings. The molecule has 0 aromatic rings. The summed E-state index contributed by atoms with van der Waals surface area (Å²) in [5.74, 6) is -3.57. The fourth-order valence-corrected chi connectivity index (χ4v) is 8.16. The van der Waals surface area contributed by atoms with Crippen molar-refractivity contribution in [2.45, 2.75) is 62.8 Å². The van der Waals surface area contributed by atoms with Gasteiger partial charge in [0.2, 0.25) is 5.79 Å². The molecule has 152 valence electrons. The van der Waals surface area contributed by atoms with Crippen LogP contribution >= 0.6 is 0 Å². The Kier molecular flexibility index (Phi) is 3.52. The van der Waals surface area contributed by atoms with Gasteiger partial charge in [-0.1, -0.05) is 13.5 Å². The summed E-state index contributed by atoms with van der Waals surface area (Å²) in [7, 11) is 0. The standard InChI is InChI=1S/C20H30O7/c1-9-10-3-4-11-18-8-27-20(26,19(11,14(9)23)15(10)24)16(25)13(18)17(2,7-21)6-5-12(18)22/h10-16,21-26H,1,3-8H2,2H3/t10-,11-,12+,13+,14+,15+,16-,17+,18+,19-,20+/m0/s1. The minimum absolute atomic E-state index is 0.0327. The third-order valence-electron chi connectivity index (χ3n) is 9.32. The van der Waals surface area contributed by atoms with Crippen molar-refractivity contribution >= 4 is 0 Å². The molecule has 2 heterocycles. The molecular weight excluding hydrogens is 352 g/mol. The average Bonchev–Trinajstić information content (AvgIpc) is 2.76. The first-order valence-electron chi connectivity index (χ1n) is 10.0. The number of hydrogen-bond donors (Lipinski definition) is 6. The quantitative estimate of drug-likeness (QED) is 0.325. The van der Waals surface area contributed by atoms with E-state index in [1.807, 2.05) is 6.92 Å². The van der Waals surface area contributed by atoms with Crippen molar-refractivity contribution in [2.75, 3.05) is 13.2 Å². The summed E-state index contributed by atoms with van der Waals surface area (Å²) in [4.78, 5) is 0. The van der Waals surface area contributed by atoms with Crippen LogP contribution in [0.25, 0.3) is 0 Å². The molecule has 0 radical (unpaired) electrons. The predicted octanol–water partition coefficient (Wildman–Crippen LogP) is -0.860. The van der Waals surface area contributed by atoms with Gasteiger partial charge in [0.15, 0.2) is 0 Å². The second-order valence-corrected chi connectivity index (χ2v) is 9.98. The molecule has 4 bridgehead atoms. The molecule has 7 heteroatoms. The predicted molar refractivity (Wildman–Crippen MR) is 93.1 cm³/mol. The van der Waals surface area contributed by atoms with Gasteiger partial charge in [-0.25, -0.2) is 0 Å². The van der Waals surface area contributed by atoms with E-state index in [-0.39, 0.29) is 19.1 Å². The Hall–Kier alpha value is -0.540. The molecule has 6 N–H and O–H groups in total. The summed E-state index contributed by atoms with van der Waals surface area (Å²) in [6, 6.07) is 0. The smallest absolute Gasteiger partial charge is 0.203 e. The Morgan fingerprint density at radius 3 is 2.48 bits per heavy atom. The lowest BCUT2D eigenvalue weighted by atomic mass is 9.35. The highest BCUT2D eigenvalue weighted by atomic mass is 16.6. The fourth-order valence-electron chi connectivity index (χ4n) is 8.16. The summed E-state index contributed by atoms with van der Waals surface area (Å²) in [6.07, 6.45) is -2.44. The van der Waals surface area contributed by atoms with Gasteiger partial charge in [-0.05, 0) is 42.6 Å². The van der Waals surface area contributed by atoms with Crippen molar-refractivity contribution in [1.29, 1.82) is 0 Å². The van der Waals surface area contributed by atoms with Gasteiger partial charge in [0.1, 0.15) is 6.10 Å². The van der Waals surface area contributed by atoms with Gasteiger partial charge in [0.25, 0.3) is 0 Å².